The van der Waals surface area contributed by atoms with Crippen LogP contribution >= 0.6 is 11.6 Å². The number of amides is 2. The Bertz CT molecular complexity index is 1170. The molecule has 1 spiro atoms. The van der Waals surface area contributed by atoms with Crippen LogP contribution in [0.15, 0.2) is 48.8 Å². The van der Waals surface area contributed by atoms with Crippen LogP contribution in [0.25, 0.3) is 5.52 Å². The quantitative estimate of drug-likeness (QED) is 0.663. The van der Waals surface area contributed by atoms with Gasteiger partial charge in [0.2, 0.25) is 5.91 Å². The molecule has 1 aliphatic carbocycles. The molecule has 3 heterocycles. The first-order valence-corrected chi connectivity index (χ1v) is 10.8. The van der Waals surface area contributed by atoms with E-state index in [-0.39, 0.29) is 22.9 Å². The molecule has 5 rings (SSSR count). The SMILES string of the molecule is O=C(NC1CCC2(CC1)CCN(c1ccc(F)cc1Cl)C2=O)c1cnn2ccccc12. The first kappa shape index (κ1) is 20.0. The number of hydrogen-bond acceptors (Lipinski definition) is 3. The molecule has 2 aromatic heterocycles. The number of nitrogens with one attached hydrogen (secondary N) is 1. The van der Waals surface area contributed by atoms with Gasteiger partial charge in [-0.2, -0.15) is 5.10 Å². The van der Waals surface area contributed by atoms with Gasteiger partial charge in [-0.3, -0.25) is 9.59 Å². The lowest BCUT2D eigenvalue weighted by atomic mass is 9.71. The Balaban J connectivity index is 1.25. The van der Waals surface area contributed by atoms with E-state index in [0.29, 0.717) is 30.6 Å². The van der Waals surface area contributed by atoms with E-state index in [1.54, 1.807) is 27.9 Å². The summed E-state index contributed by atoms with van der Waals surface area (Å²) in [5.41, 5.74) is 1.46. The van der Waals surface area contributed by atoms with Crippen molar-refractivity contribution in [2.24, 2.45) is 5.41 Å². The minimum atomic E-state index is -0.427. The largest absolute Gasteiger partial charge is 0.349 e. The van der Waals surface area contributed by atoms with E-state index in [1.807, 2.05) is 18.2 Å². The zero-order chi connectivity index (χ0) is 21.6. The molecule has 6 nitrogen and oxygen atoms in total. The Morgan fingerprint density at radius 2 is 2.00 bits per heavy atom. The highest BCUT2D eigenvalue weighted by atomic mass is 35.5. The Labute approximate surface area is 184 Å². The summed E-state index contributed by atoms with van der Waals surface area (Å²) < 4.78 is 15.1. The second kappa shape index (κ2) is 7.64. The Hall–Kier alpha value is -2.93. The molecule has 2 fully saturated rings. The number of halogens is 2. The van der Waals surface area contributed by atoms with Crippen LogP contribution in [0.5, 0.6) is 0 Å². The lowest BCUT2D eigenvalue weighted by molar-refractivity contribution is -0.127. The molecule has 0 unspecified atom stereocenters. The molecular weight excluding hydrogens is 419 g/mol. The summed E-state index contributed by atoms with van der Waals surface area (Å²) in [6.07, 6.45) is 7.03. The molecule has 8 heteroatoms. The summed E-state index contributed by atoms with van der Waals surface area (Å²) in [6, 6.07) is 9.76. The maximum atomic E-state index is 13.4. The molecule has 1 saturated heterocycles. The smallest absolute Gasteiger partial charge is 0.255 e. The summed E-state index contributed by atoms with van der Waals surface area (Å²) in [5, 5.41) is 7.58. The molecule has 0 radical (unpaired) electrons. The summed E-state index contributed by atoms with van der Waals surface area (Å²) in [5.74, 6) is -0.509. The molecule has 0 atom stereocenters. The predicted molar refractivity (Wildman–Crippen MR) is 116 cm³/mol. The van der Waals surface area contributed by atoms with Crippen molar-refractivity contribution in [1.82, 2.24) is 14.9 Å². The fourth-order valence-electron chi connectivity index (χ4n) is 4.90. The number of anilines is 1. The number of rotatable bonds is 3. The van der Waals surface area contributed by atoms with E-state index < -0.39 is 11.2 Å². The first-order chi connectivity index (χ1) is 15.0. The molecule has 1 aromatic carbocycles. The zero-order valence-corrected chi connectivity index (χ0v) is 17.6. The molecule has 2 aliphatic rings. The van der Waals surface area contributed by atoms with Gasteiger partial charge in [-0.1, -0.05) is 17.7 Å². The number of hydrogen-bond donors (Lipinski definition) is 1. The topological polar surface area (TPSA) is 66.7 Å². The highest BCUT2D eigenvalue weighted by molar-refractivity contribution is 6.34. The third-order valence-corrected chi connectivity index (χ3v) is 6.97. The zero-order valence-electron chi connectivity index (χ0n) is 16.9. The normalized spacial score (nSPS) is 23.6. The molecule has 31 heavy (non-hydrogen) atoms. The van der Waals surface area contributed by atoms with E-state index in [0.717, 1.165) is 24.8 Å². The van der Waals surface area contributed by atoms with Crippen LogP contribution in [0.4, 0.5) is 10.1 Å². The minimum absolute atomic E-state index is 0.0213. The lowest BCUT2D eigenvalue weighted by Gasteiger charge is -2.36. The van der Waals surface area contributed by atoms with Gasteiger partial charge < -0.3 is 10.2 Å². The Morgan fingerprint density at radius 1 is 1.19 bits per heavy atom. The summed E-state index contributed by atoms with van der Waals surface area (Å²) >= 11 is 6.18. The number of benzene rings is 1. The summed E-state index contributed by atoms with van der Waals surface area (Å²) in [6.45, 7) is 0.573. The van der Waals surface area contributed by atoms with Crippen molar-refractivity contribution in [3.63, 3.8) is 0 Å². The number of nitrogens with zero attached hydrogens (tertiary/aromatic N) is 3. The van der Waals surface area contributed by atoms with Gasteiger partial charge in [0.15, 0.2) is 0 Å². The van der Waals surface area contributed by atoms with Crippen LogP contribution in [0.2, 0.25) is 5.02 Å². The number of aromatic nitrogens is 2. The van der Waals surface area contributed by atoms with Crippen molar-refractivity contribution in [2.75, 3.05) is 11.4 Å². The molecule has 0 bridgehead atoms. The van der Waals surface area contributed by atoms with E-state index in [1.165, 1.54) is 12.1 Å². The Kier molecular flexibility index (Phi) is 4.93. The summed E-state index contributed by atoms with van der Waals surface area (Å²) in [4.78, 5) is 27.7. The van der Waals surface area contributed by atoms with Gasteiger partial charge in [0.1, 0.15) is 5.82 Å². The number of carbonyl (C=O) groups is 2. The van der Waals surface area contributed by atoms with E-state index >= 15 is 0 Å². The van der Waals surface area contributed by atoms with Crippen LogP contribution in [0, 0.1) is 11.2 Å². The standard InChI is InChI=1S/C23H22ClFN4O2/c24-18-13-15(25)4-5-20(18)28-12-10-23(22(28)31)8-6-16(7-9-23)27-21(30)17-14-26-29-11-2-1-3-19(17)29/h1-5,11,13-14,16H,6-10,12H2,(H,27,30). The van der Waals surface area contributed by atoms with E-state index in [9.17, 15) is 14.0 Å². The molecule has 160 valence electrons. The molecule has 2 amide bonds. The number of carbonyl (C=O) groups excluding carboxylic acids is 2. The van der Waals surface area contributed by atoms with Gasteiger partial charge in [0.25, 0.3) is 5.91 Å². The van der Waals surface area contributed by atoms with Crippen molar-refractivity contribution in [1.29, 1.82) is 0 Å². The van der Waals surface area contributed by atoms with Crippen LogP contribution in [-0.2, 0) is 4.79 Å². The van der Waals surface area contributed by atoms with Crippen LogP contribution < -0.4 is 10.2 Å². The average Bonchev–Trinajstić information content (AvgIpc) is 3.33. The van der Waals surface area contributed by atoms with E-state index in [2.05, 4.69) is 10.4 Å². The van der Waals surface area contributed by atoms with Crippen LogP contribution in [0.1, 0.15) is 42.5 Å². The third kappa shape index (κ3) is 3.47. The average molecular weight is 441 g/mol. The molecule has 1 saturated carbocycles. The van der Waals surface area contributed by atoms with Gasteiger partial charge in [-0.15, -0.1) is 0 Å². The van der Waals surface area contributed by atoms with Gasteiger partial charge in [-0.05, 0) is 62.4 Å². The van der Waals surface area contributed by atoms with Crippen LogP contribution in [-0.4, -0.2) is 34.0 Å². The maximum absolute atomic E-state index is 13.4. The van der Waals surface area contributed by atoms with Crippen molar-refractivity contribution in [2.45, 2.75) is 38.1 Å². The highest BCUT2D eigenvalue weighted by Crippen LogP contribution is 2.47. The van der Waals surface area contributed by atoms with Crippen LogP contribution in [0.3, 0.4) is 0 Å². The predicted octanol–water partition coefficient (Wildman–Crippen LogP) is 4.22. The van der Waals surface area contributed by atoms with Crippen molar-refractivity contribution in [3.8, 4) is 0 Å². The van der Waals surface area contributed by atoms with Crippen molar-refractivity contribution in [3.05, 3.63) is 65.2 Å². The van der Waals surface area contributed by atoms with Gasteiger partial charge in [0, 0.05) is 18.8 Å². The maximum Gasteiger partial charge on any atom is 0.255 e. The number of fused-ring (bicyclic) bond motifs is 1. The second-order valence-corrected chi connectivity index (χ2v) is 8.83. The van der Waals surface area contributed by atoms with Gasteiger partial charge >= 0.3 is 0 Å². The second-order valence-electron chi connectivity index (χ2n) is 8.42. The molecule has 3 aromatic rings. The van der Waals surface area contributed by atoms with E-state index in [4.69, 9.17) is 11.6 Å². The van der Waals surface area contributed by atoms with Crippen molar-refractivity contribution >= 4 is 34.6 Å². The molecular formula is C23H22ClFN4O2. The minimum Gasteiger partial charge on any atom is -0.349 e. The van der Waals surface area contributed by atoms with Gasteiger partial charge in [-0.25, -0.2) is 8.91 Å². The van der Waals surface area contributed by atoms with Gasteiger partial charge in [0.05, 0.1) is 33.4 Å². The molecule has 1 N–H and O–H groups in total. The van der Waals surface area contributed by atoms with Crippen molar-refractivity contribution < 1.29 is 14.0 Å². The Morgan fingerprint density at radius 3 is 2.77 bits per heavy atom. The lowest BCUT2D eigenvalue weighted by Crippen LogP contribution is -2.43. The first-order valence-electron chi connectivity index (χ1n) is 10.5. The summed E-state index contributed by atoms with van der Waals surface area (Å²) in [7, 11) is 0. The highest BCUT2D eigenvalue weighted by Gasteiger charge is 2.49. The fourth-order valence-corrected chi connectivity index (χ4v) is 5.17. The third-order valence-electron chi connectivity index (χ3n) is 6.66. The monoisotopic (exact) mass is 440 g/mol. The molecule has 1 aliphatic heterocycles. The fraction of sp³-hybridized carbons (Fsp3) is 0.348. The number of pyridine rings is 1.